The van der Waals surface area contributed by atoms with Crippen LogP contribution in [0, 0.1) is 11.6 Å². The number of aromatic nitrogens is 2. The number of rotatable bonds is 3. The predicted molar refractivity (Wildman–Crippen MR) is 62.9 cm³/mol. The van der Waals surface area contributed by atoms with E-state index >= 15 is 0 Å². The molecule has 2 aromatic rings. The molecule has 0 N–H and O–H groups in total. The molecule has 0 unspecified atom stereocenters. The van der Waals surface area contributed by atoms with Crippen LogP contribution in [0.1, 0.15) is 10.4 Å². The molecule has 1 aromatic carbocycles. The standard InChI is InChI=1S/C11H5ClF2N2OS/c12-10-7(4-17)11(16-5-15-10)18-6-1-2-8(13)9(14)3-6/h1-5H. The van der Waals surface area contributed by atoms with Crippen molar-refractivity contribution in [3.8, 4) is 0 Å². The van der Waals surface area contributed by atoms with Gasteiger partial charge in [-0.05, 0) is 18.2 Å². The molecule has 0 saturated carbocycles. The van der Waals surface area contributed by atoms with E-state index < -0.39 is 11.6 Å². The maximum atomic E-state index is 13.0. The van der Waals surface area contributed by atoms with E-state index in [2.05, 4.69) is 9.97 Å². The van der Waals surface area contributed by atoms with E-state index in [9.17, 15) is 13.6 Å². The Morgan fingerprint density at radius 2 is 2.00 bits per heavy atom. The summed E-state index contributed by atoms with van der Waals surface area (Å²) in [7, 11) is 0. The number of benzene rings is 1. The first-order valence-corrected chi connectivity index (χ1v) is 5.90. The normalized spacial score (nSPS) is 10.4. The lowest BCUT2D eigenvalue weighted by Gasteiger charge is -2.04. The summed E-state index contributed by atoms with van der Waals surface area (Å²) in [5.74, 6) is -1.90. The van der Waals surface area contributed by atoms with E-state index in [0.717, 1.165) is 23.9 Å². The summed E-state index contributed by atoms with van der Waals surface area (Å²) in [4.78, 5) is 18.8. The van der Waals surface area contributed by atoms with Crippen LogP contribution in [0.2, 0.25) is 5.15 Å². The predicted octanol–water partition coefficient (Wildman–Crippen LogP) is 3.37. The molecule has 0 spiro atoms. The first-order valence-electron chi connectivity index (χ1n) is 4.70. The van der Waals surface area contributed by atoms with Crippen LogP contribution in [0.4, 0.5) is 8.78 Å². The minimum Gasteiger partial charge on any atom is -0.298 e. The molecule has 0 saturated heterocycles. The van der Waals surface area contributed by atoms with Crippen molar-refractivity contribution < 1.29 is 13.6 Å². The van der Waals surface area contributed by atoms with E-state index in [1.165, 1.54) is 12.4 Å². The molecular formula is C11H5ClF2N2OS. The quantitative estimate of drug-likeness (QED) is 0.641. The van der Waals surface area contributed by atoms with Gasteiger partial charge in [0.25, 0.3) is 0 Å². The molecule has 0 bridgehead atoms. The molecule has 1 heterocycles. The highest BCUT2D eigenvalue weighted by atomic mass is 35.5. The molecule has 0 radical (unpaired) electrons. The fourth-order valence-corrected chi connectivity index (χ4v) is 2.30. The number of aldehydes is 1. The molecule has 18 heavy (non-hydrogen) atoms. The van der Waals surface area contributed by atoms with Gasteiger partial charge in [0, 0.05) is 4.90 Å². The number of nitrogens with zero attached hydrogens (tertiary/aromatic N) is 2. The molecule has 0 fully saturated rings. The van der Waals surface area contributed by atoms with Gasteiger partial charge >= 0.3 is 0 Å². The van der Waals surface area contributed by atoms with E-state index in [1.54, 1.807) is 0 Å². The Morgan fingerprint density at radius 3 is 2.67 bits per heavy atom. The molecule has 92 valence electrons. The van der Waals surface area contributed by atoms with Crippen LogP contribution in [0.3, 0.4) is 0 Å². The van der Waals surface area contributed by atoms with E-state index in [1.807, 2.05) is 0 Å². The van der Waals surface area contributed by atoms with Gasteiger partial charge in [-0.1, -0.05) is 23.4 Å². The van der Waals surface area contributed by atoms with Gasteiger partial charge in [-0.25, -0.2) is 18.7 Å². The van der Waals surface area contributed by atoms with Crippen molar-refractivity contribution >= 4 is 29.6 Å². The zero-order valence-electron chi connectivity index (χ0n) is 8.73. The van der Waals surface area contributed by atoms with Gasteiger partial charge in [-0.15, -0.1) is 0 Å². The van der Waals surface area contributed by atoms with Crippen LogP contribution in [-0.2, 0) is 0 Å². The van der Waals surface area contributed by atoms with Crippen molar-refractivity contribution in [1.82, 2.24) is 9.97 Å². The van der Waals surface area contributed by atoms with Gasteiger partial charge in [0.1, 0.15) is 16.5 Å². The lowest BCUT2D eigenvalue weighted by atomic mass is 10.3. The molecule has 2 rings (SSSR count). The number of carbonyl (C=O) groups excluding carboxylic acids is 1. The highest BCUT2D eigenvalue weighted by molar-refractivity contribution is 7.99. The van der Waals surface area contributed by atoms with E-state index in [4.69, 9.17) is 11.6 Å². The number of carbonyl (C=O) groups is 1. The average Bonchev–Trinajstić information content (AvgIpc) is 2.34. The third kappa shape index (κ3) is 2.65. The Kier molecular flexibility index (Phi) is 3.88. The number of hydrogen-bond acceptors (Lipinski definition) is 4. The lowest BCUT2D eigenvalue weighted by molar-refractivity contribution is 0.112. The molecule has 0 aliphatic rings. The summed E-state index contributed by atoms with van der Waals surface area (Å²) in [5, 5.41) is 0.307. The molecule has 0 atom stereocenters. The fourth-order valence-electron chi connectivity index (χ4n) is 1.19. The van der Waals surface area contributed by atoms with Crippen molar-refractivity contribution in [2.75, 3.05) is 0 Å². The Bertz CT molecular complexity index is 610. The molecule has 0 aliphatic heterocycles. The monoisotopic (exact) mass is 286 g/mol. The highest BCUT2D eigenvalue weighted by Gasteiger charge is 2.11. The largest absolute Gasteiger partial charge is 0.298 e. The third-order valence-electron chi connectivity index (χ3n) is 2.02. The summed E-state index contributed by atoms with van der Waals surface area (Å²) in [5.41, 5.74) is 0.119. The van der Waals surface area contributed by atoms with Crippen molar-refractivity contribution in [3.63, 3.8) is 0 Å². The third-order valence-corrected chi connectivity index (χ3v) is 3.33. The Balaban J connectivity index is 2.36. The summed E-state index contributed by atoms with van der Waals surface area (Å²) in [6, 6.07) is 3.40. The maximum absolute atomic E-state index is 13.0. The lowest BCUT2D eigenvalue weighted by Crippen LogP contribution is -1.94. The van der Waals surface area contributed by atoms with Crippen LogP contribution in [0.15, 0.2) is 34.4 Å². The van der Waals surface area contributed by atoms with E-state index in [-0.39, 0.29) is 15.7 Å². The second-order valence-electron chi connectivity index (χ2n) is 3.18. The summed E-state index contributed by atoms with van der Waals surface area (Å²) in [6.45, 7) is 0. The van der Waals surface area contributed by atoms with Gasteiger partial charge in [0.05, 0.1) is 5.56 Å². The van der Waals surface area contributed by atoms with Gasteiger partial charge in [0.15, 0.2) is 17.9 Å². The van der Waals surface area contributed by atoms with Gasteiger partial charge < -0.3 is 0 Å². The summed E-state index contributed by atoms with van der Waals surface area (Å²) < 4.78 is 25.8. The molecular weight excluding hydrogens is 282 g/mol. The SMILES string of the molecule is O=Cc1c(Cl)ncnc1Sc1ccc(F)c(F)c1. The van der Waals surface area contributed by atoms with Crippen molar-refractivity contribution in [3.05, 3.63) is 46.9 Å². The average molecular weight is 287 g/mol. The van der Waals surface area contributed by atoms with Crippen molar-refractivity contribution in [1.29, 1.82) is 0 Å². The Labute approximate surface area is 110 Å². The van der Waals surface area contributed by atoms with Gasteiger partial charge in [-0.2, -0.15) is 0 Å². The van der Waals surface area contributed by atoms with Gasteiger partial charge in [-0.3, -0.25) is 4.79 Å². The zero-order valence-corrected chi connectivity index (χ0v) is 10.3. The molecule has 1 aromatic heterocycles. The summed E-state index contributed by atoms with van der Waals surface area (Å²) in [6.07, 6.45) is 1.71. The van der Waals surface area contributed by atoms with Crippen LogP contribution < -0.4 is 0 Å². The minimum atomic E-state index is -0.965. The first kappa shape index (κ1) is 12.9. The second-order valence-corrected chi connectivity index (χ2v) is 4.60. The smallest absolute Gasteiger partial charge is 0.159 e. The van der Waals surface area contributed by atoms with E-state index in [0.29, 0.717) is 11.2 Å². The second kappa shape index (κ2) is 5.41. The Hall–Kier alpha value is -1.53. The highest BCUT2D eigenvalue weighted by Crippen LogP contribution is 2.30. The van der Waals surface area contributed by atoms with Crippen LogP contribution in [0.25, 0.3) is 0 Å². The van der Waals surface area contributed by atoms with Crippen LogP contribution in [0.5, 0.6) is 0 Å². The molecule has 0 aliphatic carbocycles. The first-order chi connectivity index (χ1) is 8.61. The van der Waals surface area contributed by atoms with Crippen molar-refractivity contribution in [2.45, 2.75) is 9.92 Å². The summed E-state index contributed by atoms with van der Waals surface area (Å²) >= 11 is 6.72. The minimum absolute atomic E-state index is 0.0186. The topological polar surface area (TPSA) is 42.9 Å². The molecule has 7 heteroatoms. The number of halogens is 3. The number of hydrogen-bond donors (Lipinski definition) is 0. The van der Waals surface area contributed by atoms with Crippen molar-refractivity contribution in [2.24, 2.45) is 0 Å². The maximum Gasteiger partial charge on any atom is 0.159 e. The molecule has 0 amide bonds. The van der Waals surface area contributed by atoms with Crippen LogP contribution >= 0.6 is 23.4 Å². The zero-order chi connectivity index (χ0) is 13.1. The Morgan fingerprint density at radius 1 is 1.22 bits per heavy atom. The van der Waals surface area contributed by atoms with Gasteiger partial charge in [0.2, 0.25) is 0 Å². The molecule has 3 nitrogen and oxygen atoms in total. The van der Waals surface area contributed by atoms with Crippen LogP contribution in [-0.4, -0.2) is 16.3 Å². The fraction of sp³-hybridized carbons (Fsp3) is 0.